The van der Waals surface area contributed by atoms with Gasteiger partial charge in [0.15, 0.2) is 0 Å². The summed E-state index contributed by atoms with van der Waals surface area (Å²) in [7, 11) is 0. The maximum atomic E-state index is 5.94. The van der Waals surface area contributed by atoms with E-state index in [-0.39, 0.29) is 0 Å². The summed E-state index contributed by atoms with van der Waals surface area (Å²) in [6, 6.07) is 18.7. The minimum atomic E-state index is 0.738. The highest BCUT2D eigenvalue weighted by molar-refractivity contribution is 9.10. The number of aryl methyl sites for hydroxylation is 1. The Labute approximate surface area is 145 Å². The molecule has 0 bridgehead atoms. The Kier molecular flexibility index (Phi) is 5.65. The molecule has 1 heterocycles. The van der Waals surface area contributed by atoms with Gasteiger partial charge >= 0.3 is 0 Å². The van der Waals surface area contributed by atoms with Crippen molar-refractivity contribution in [2.24, 2.45) is 0 Å². The van der Waals surface area contributed by atoms with Crippen LogP contribution >= 0.6 is 15.9 Å². The molecule has 2 nitrogen and oxygen atoms in total. The molecule has 0 amide bonds. The van der Waals surface area contributed by atoms with Crippen LogP contribution in [-0.4, -0.2) is 11.6 Å². The van der Waals surface area contributed by atoms with E-state index in [2.05, 4.69) is 57.3 Å². The highest BCUT2D eigenvalue weighted by Crippen LogP contribution is 2.29. The normalized spacial score (nSPS) is 10.8. The van der Waals surface area contributed by atoms with Gasteiger partial charge in [-0.05, 0) is 49.4 Å². The summed E-state index contributed by atoms with van der Waals surface area (Å²) >= 11 is 3.56. The Balaban J connectivity index is 1.47. The van der Waals surface area contributed by atoms with Crippen molar-refractivity contribution in [1.82, 2.24) is 4.98 Å². The zero-order valence-corrected chi connectivity index (χ0v) is 14.6. The summed E-state index contributed by atoms with van der Waals surface area (Å²) < 4.78 is 6.99. The minimum absolute atomic E-state index is 0.738. The molecule has 0 aliphatic rings. The number of pyridine rings is 1. The maximum absolute atomic E-state index is 5.94. The van der Waals surface area contributed by atoms with E-state index in [1.807, 2.05) is 24.4 Å². The van der Waals surface area contributed by atoms with E-state index in [1.165, 1.54) is 18.4 Å². The lowest BCUT2D eigenvalue weighted by atomic mass is 10.1. The number of benzene rings is 2. The van der Waals surface area contributed by atoms with Crippen LogP contribution in [0.5, 0.6) is 5.75 Å². The van der Waals surface area contributed by atoms with Gasteiger partial charge in [0.2, 0.25) is 0 Å². The first-order valence-electron chi connectivity index (χ1n) is 8.04. The van der Waals surface area contributed by atoms with Gasteiger partial charge in [0.05, 0.1) is 6.61 Å². The Bertz CT molecular complexity index is 758. The highest BCUT2D eigenvalue weighted by Gasteiger charge is 2.06. The quantitative estimate of drug-likeness (QED) is 0.491. The van der Waals surface area contributed by atoms with Crippen LogP contribution in [0.15, 0.2) is 65.3 Å². The lowest BCUT2D eigenvalue weighted by molar-refractivity contribution is 0.308. The molecule has 0 aliphatic heterocycles. The molecule has 0 spiro atoms. The van der Waals surface area contributed by atoms with Crippen LogP contribution in [0, 0.1) is 0 Å². The molecule has 0 fully saturated rings. The van der Waals surface area contributed by atoms with E-state index < -0.39 is 0 Å². The van der Waals surface area contributed by atoms with E-state index in [4.69, 9.17) is 4.74 Å². The lowest BCUT2D eigenvalue weighted by Gasteiger charge is -2.09. The van der Waals surface area contributed by atoms with Gasteiger partial charge < -0.3 is 4.74 Å². The van der Waals surface area contributed by atoms with Crippen molar-refractivity contribution in [3.05, 3.63) is 70.8 Å². The average molecular weight is 370 g/mol. The van der Waals surface area contributed by atoms with Crippen molar-refractivity contribution in [1.29, 1.82) is 0 Å². The fourth-order valence-corrected chi connectivity index (χ4v) is 3.12. The van der Waals surface area contributed by atoms with E-state index in [0.29, 0.717) is 0 Å². The number of aromatic nitrogens is 1. The monoisotopic (exact) mass is 369 g/mol. The standard InChI is InChI=1S/C20H20BrNO/c21-18-12-13-19(20-17(18)11-7-14-22-20)23-15-6-2-5-10-16-8-3-1-4-9-16/h1,3-4,7-9,11-14H,2,5-6,10,15H2. The van der Waals surface area contributed by atoms with Crippen LogP contribution in [0.25, 0.3) is 10.9 Å². The van der Waals surface area contributed by atoms with Crippen LogP contribution in [0.4, 0.5) is 0 Å². The summed E-state index contributed by atoms with van der Waals surface area (Å²) in [5.41, 5.74) is 2.34. The summed E-state index contributed by atoms with van der Waals surface area (Å²) in [5.74, 6) is 0.867. The molecule has 23 heavy (non-hydrogen) atoms. The molecule has 0 aliphatic carbocycles. The van der Waals surface area contributed by atoms with E-state index in [0.717, 1.165) is 40.6 Å². The van der Waals surface area contributed by atoms with Gasteiger partial charge in [-0.15, -0.1) is 0 Å². The summed E-state index contributed by atoms with van der Waals surface area (Å²) in [4.78, 5) is 4.44. The Morgan fingerprint density at radius 1 is 0.870 bits per heavy atom. The van der Waals surface area contributed by atoms with Crippen LogP contribution in [0.1, 0.15) is 24.8 Å². The number of unbranched alkanes of at least 4 members (excludes halogenated alkanes) is 2. The van der Waals surface area contributed by atoms with Crippen molar-refractivity contribution in [3.63, 3.8) is 0 Å². The van der Waals surface area contributed by atoms with Crippen molar-refractivity contribution >= 4 is 26.8 Å². The van der Waals surface area contributed by atoms with Crippen LogP contribution in [0.2, 0.25) is 0 Å². The van der Waals surface area contributed by atoms with E-state index in [9.17, 15) is 0 Å². The zero-order valence-electron chi connectivity index (χ0n) is 13.0. The van der Waals surface area contributed by atoms with Gasteiger partial charge in [0.1, 0.15) is 11.3 Å². The smallest absolute Gasteiger partial charge is 0.145 e. The molecule has 2 aromatic carbocycles. The predicted molar refractivity (Wildman–Crippen MR) is 98.9 cm³/mol. The number of fused-ring (bicyclic) bond motifs is 1. The van der Waals surface area contributed by atoms with Crippen molar-refractivity contribution < 1.29 is 4.74 Å². The molecular formula is C20H20BrNO. The molecule has 3 heteroatoms. The first-order valence-corrected chi connectivity index (χ1v) is 8.84. The number of hydrogen-bond donors (Lipinski definition) is 0. The minimum Gasteiger partial charge on any atom is -0.491 e. The molecule has 0 radical (unpaired) electrons. The molecule has 1 aromatic heterocycles. The largest absolute Gasteiger partial charge is 0.491 e. The van der Waals surface area contributed by atoms with Gasteiger partial charge in [-0.2, -0.15) is 0 Å². The molecule has 118 valence electrons. The molecule has 3 aromatic rings. The third kappa shape index (κ3) is 4.32. The van der Waals surface area contributed by atoms with Crippen LogP contribution in [-0.2, 0) is 6.42 Å². The fourth-order valence-electron chi connectivity index (χ4n) is 2.66. The molecule has 0 N–H and O–H groups in total. The average Bonchev–Trinajstić information content (AvgIpc) is 2.61. The van der Waals surface area contributed by atoms with E-state index >= 15 is 0 Å². The van der Waals surface area contributed by atoms with Crippen molar-refractivity contribution in [3.8, 4) is 5.75 Å². The summed E-state index contributed by atoms with van der Waals surface area (Å²) in [6.45, 7) is 0.738. The second kappa shape index (κ2) is 8.11. The van der Waals surface area contributed by atoms with Gasteiger partial charge in [0, 0.05) is 16.1 Å². The maximum Gasteiger partial charge on any atom is 0.145 e. The Morgan fingerprint density at radius 3 is 2.61 bits per heavy atom. The van der Waals surface area contributed by atoms with Crippen LogP contribution < -0.4 is 4.74 Å². The third-order valence-electron chi connectivity index (χ3n) is 3.89. The second-order valence-corrected chi connectivity index (χ2v) is 6.44. The molecule has 0 saturated carbocycles. The molecule has 0 unspecified atom stereocenters. The summed E-state index contributed by atoms with van der Waals surface area (Å²) in [5, 5.41) is 1.09. The number of rotatable bonds is 7. The van der Waals surface area contributed by atoms with Gasteiger partial charge in [-0.1, -0.05) is 52.3 Å². The molecule has 3 rings (SSSR count). The molecular weight excluding hydrogens is 350 g/mol. The third-order valence-corrected chi connectivity index (χ3v) is 4.58. The fraction of sp³-hybridized carbons (Fsp3) is 0.250. The highest BCUT2D eigenvalue weighted by atomic mass is 79.9. The lowest BCUT2D eigenvalue weighted by Crippen LogP contribution is -1.99. The first kappa shape index (κ1) is 16.0. The van der Waals surface area contributed by atoms with Crippen molar-refractivity contribution in [2.45, 2.75) is 25.7 Å². The van der Waals surface area contributed by atoms with Crippen LogP contribution in [0.3, 0.4) is 0 Å². The number of nitrogens with zero attached hydrogens (tertiary/aromatic N) is 1. The van der Waals surface area contributed by atoms with Gasteiger partial charge in [-0.25, -0.2) is 0 Å². The Morgan fingerprint density at radius 2 is 1.74 bits per heavy atom. The van der Waals surface area contributed by atoms with Gasteiger partial charge in [-0.3, -0.25) is 4.98 Å². The SMILES string of the molecule is Brc1ccc(OCCCCCc2ccccc2)c2ncccc12. The molecule has 0 atom stereocenters. The van der Waals surface area contributed by atoms with Crippen molar-refractivity contribution in [2.75, 3.05) is 6.61 Å². The second-order valence-electron chi connectivity index (χ2n) is 5.59. The Hall–Kier alpha value is -1.87. The van der Waals surface area contributed by atoms with E-state index in [1.54, 1.807) is 0 Å². The molecule has 0 saturated heterocycles. The topological polar surface area (TPSA) is 22.1 Å². The number of hydrogen-bond acceptors (Lipinski definition) is 2. The number of ether oxygens (including phenoxy) is 1. The first-order chi connectivity index (χ1) is 11.3. The number of halogens is 1. The predicted octanol–water partition coefficient (Wildman–Crippen LogP) is 5.79. The zero-order chi connectivity index (χ0) is 15.9. The van der Waals surface area contributed by atoms with Gasteiger partial charge in [0.25, 0.3) is 0 Å². The summed E-state index contributed by atoms with van der Waals surface area (Å²) in [6.07, 6.45) is 6.39.